The fraction of sp³-hybridized carbons (Fsp3) is 0.824. The van der Waals surface area contributed by atoms with Gasteiger partial charge in [-0.1, -0.05) is 6.42 Å². The van der Waals surface area contributed by atoms with E-state index in [2.05, 4.69) is 10.6 Å². The smallest absolute Gasteiger partial charge is 0.224 e. The van der Waals surface area contributed by atoms with E-state index in [0.29, 0.717) is 12.3 Å². The fourth-order valence-corrected chi connectivity index (χ4v) is 3.24. The van der Waals surface area contributed by atoms with Gasteiger partial charge in [-0.25, -0.2) is 0 Å². The Morgan fingerprint density at radius 3 is 2.30 bits per heavy atom. The van der Waals surface area contributed by atoms with Gasteiger partial charge in [0, 0.05) is 44.9 Å². The summed E-state index contributed by atoms with van der Waals surface area (Å²) in [5, 5.41) is 5.80. The fourth-order valence-electron chi connectivity index (χ4n) is 3.24. The van der Waals surface area contributed by atoms with E-state index in [1.807, 2.05) is 11.8 Å². The lowest BCUT2D eigenvalue weighted by Gasteiger charge is -2.33. The molecule has 2 N–H and O–H groups in total. The first-order chi connectivity index (χ1) is 11.0. The molecule has 0 aromatic rings. The number of nitrogens with zero attached hydrogens (tertiary/aromatic N) is 1. The predicted molar refractivity (Wildman–Crippen MR) is 87.6 cm³/mol. The molecule has 1 atom stereocenters. The first-order valence-electron chi connectivity index (χ1n) is 8.78. The van der Waals surface area contributed by atoms with Crippen molar-refractivity contribution in [3.8, 4) is 0 Å². The zero-order chi connectivity index (χ0) is 16.8. The molecule has 2 aliphatic rings. The highest BCUT2D eigenvalue weighted by molar-refractivity contribution is 5.79. The van der Waals surface area contributed by atoms with Gasteiger partial charge in [0.2, 0.25) is 17.7 Å². The van der Waals surface area contributed by atoms with E-state index in [1.54, 1.807) is 0 Å². The van der Waals surface area contributed by atoms with Crippen molar-refractivity contribution < 1.29 is 14.4 Å². The van der Waals surface area contributed by atoms with Crippen LogP contribution in [0.1, 0.15) is 52.4 Å². The average molecular weight is 323 g/mol. The maximum Gasteiger partial charge on any atom is 0.224 e. The first-order valence-corrected chi connectivity index (χ1v) is 8.78. The molecule has 1 saturated heterocycles. The SMILES string of the molecule is CC(=O)NC(C)CC(=O)N1CCC(CNC(=O)C2CCC2)CC1. The van der Waals surface area contributed by atoms with Crippen molar-refractivity contribution in [1.82, 2.24) is 15.5 Å². The zero-order valence-electron chi connectivity index (χ0n) is 14.3. The van der Waals surface area contributed by atoms with Crippen LogP contribution >= 0.6 is 0 Å². The van der Waals surface area contributed by atoms with Gasteiger partial charge in [0.15, 0.2) is 0 Å². The van der Waals surface area contributed by atoms with Crippen LogP contribution in [0.3, 0.4) is 0 Å². The van der Waals surface area contributed by atoms with Crippen LogP contribution in [-0.4, -0.2) is 48.3 Å². The van der Waals surface area contributed by atoms with Crippen LogP contribution in [-0.2, 0) is 14.4 Å². The first kappa shape index (κ1) is 17.8. The van der Waals surface area contributed by atoms with Crippen molar-refractivity contribution in [2.24, 2.45) is 11.8 Å². The molecule has 2 rings (SSSR count). The van der Waals surface area contributed by atoms with Crippen molar-refractivity contribution in [1.29, 1.82) is 0 Å². The van der Waals surface area contributed by atoms with E-state index in [-0.39, 0.29) is 29.7 Å². The summed E-state index contributed by atoms with van der Waals surface area (Å²) in [4.78, 5) is 36.9. The predicted octanol–water partition coefficient (Wildman–Crippen LogP) is 1.06. The van der Waals surface area contributed by atoms with Crippen molar-refractivity contribution in [2.75, 3.05) is 19.6 Å². The molecule has 0 bridgehead atoms. The third-order valence-corrected chi connectivity index (χ3v) is 4.94. The molecule has 3 amide bonds. The van der Waals surface area contributed by atoms with Crippen LogP contribution in [0.15, 0.2) is 0 Å². The highest BCUT2D eigenvalue weighted by Gasteiger charge is 2.27. The lowest BCUT2D eigenvalue weighted by Crippen LogP contribution is -2.44. The van der Waals surface area contributed by atoms with Gasteiger partial charge in [0.05, 0.1) is 0 Å². The average Bonchev–Trinajstić information content (AvgIpc) is 2.42. The van der Waals surface area contributed by atoms with Crippen LogP contribution in [0.4, 0.5) is 0 Å². The lowest BCUT2D eigenvalue weighted by atomic mass is 9.84. The number of likely N-dealkylation sites (tertiary alicyclic amines) is 1. The number of piperidine rings is 1. The summed E-state index contributed by atoms with van der Waals surface area (Å²) >= 11 is 0. The Kier molecular flexibility index (Phi) is 6.42. The number of carbonyl (C=O) groups excluding carboxylic acids is 3. The Labute approximate surface area is 138 Å². The van der Waals surface area contributed by atoms with Crippen LogP contribution in [0.2, 0.25) is 0 Å². The summed E-state index contributed by atoms with van der Waals surface area (Å²) in [5.41, 5.74) is 0. The molecule has 1 unspecified atom stereocenters. The molecular weight excluding hydrogens is 294 g/mol. The molecule has 2 fully saturated rings. The summed E-state index contributed by atoms with van der Waals surface area (Å²) in [6.45, 7) is 5.54. The van der Waals surface area contributed by atoms with Crippen molar-refractivity contribution in [3.63, 3.8) is 0 Å². The van der Waals surface area contributed by atoms with Gasteiger partial charge in [-0.15, -0.1) is 0 Å². The summed E-state index contributed by atoms with van der Waals surface area (Å²) in [6.07, 6.45) is 5.46. The number of rotatable bonds is 6. The van der Waals surface area contributed by atoms with Crippen LogP contribution in [0, 0.1) is 11.8 Å². The lowest BCUT2D eigenvalue weighted by molar-refractivity contribution is -0.133. The van der Waals surface area contributed by atoms with Crippen molar-refractivity contribution in [2.45, 2.75) is 58.4 Å². The minimum absolute atomic E-state index is 0.100. The molecule has 0 spiro atoms. The molecule has 1 heterocycles. The second-order valence-electron chi connectivity index (χ2n) is 7.00. The highest BCUT2D eigenvalue weighted by atomic mass is 16.2. The molecule has 0 aromatic heterocycles. The van der Waals surface area contributed by atoms with Crippen LogP contribution in [0.5, 0.6) is 0 Å². The van der Waals surface area contributed by atoms with Crippen LogP contribution in [0.25, 0.3) is 0 Å². The summed E-state index contributed by atoms with van der Waals surface area (Å²) in [6, 6.07) is -0.125. The second-order valence-corrected chi connectivity index (χ2v) is 7.00. The number of carbonyl (C=O) groups is 3. The molecule has 1 saturated carbocycles. The highest BCUT2D eigenvalue weighted by Crippen LogP contribution is 2.26. The quantitative estimate of drug-likeness (QED) is 0.767. The molecule has 1 aliphatic carbocycles. The molecule has 0 radical (unpaired) electrons. The Morgan fingerprint density at radius 2 is 1.78 bits per heavy atom. The van der Waals surface area contributed by atoms with Crippen molar-refractivity contribution in [3.05, 3.63) is 0 Å². The normalized spacial score (nSPS) is 20.5. The number of amides is 3. The Bertz CT molecular complexity index is 440. The van der Waals surface area contributed by atoms with E-state index in [0.717, 1.165) is 45.3 Å². The van der Waals surface area contributed by atoms with Gasteiger partial charge in [0.1, 0.15) is 0 Å². The number of hydrogen-bond acceptors (Lipinski definition) is 3. The Morgan fingerprint density at radius 1 is 1.13 bits per heavy atom. The minimum atomic E-state index is -0.125. The third kappa shape index (κ3) is 5.52. The number of nitrogens with one attached hydrogen (secondary N) is 2. The monoisotopic (exact) mass is 323 g/mol. The zero-order valence-corrected chi connectivity index (χ0v) is 14.3. The second kappa shape index (κ2) is 8.31. The summed E-state index contributed by atoms with van der Waals surface area (Å²) in [7, 11) is 0. The summed E-state index contributed by atoms with van der Waals surface area (Å²) in [5.74, 6) is 0.913. The van der Waals surface area contributed by atoms with E-state index >= 15 is 0 Å². The molecule has 1 aliphatic heterocycles. The topological polar surface area (TPSA) is 78.5 Å². The molecule has 130 valence electrons. The van der Waals surface area contributed by atoms with Crippen LogP contribution < -0.4 is 10.6 Å². The van der Waals surface area contributed by atoms with E-state index in [9.17, 15) is 14.4 Å². The van der Waals surface area contributed by atoms with E-state index in [1.165, 1.54) is 13.3 Å². The van der Waals surface area contributed by atoms with Gasteiger partial charge in [-0.3, -0.25) is 14.4 Å². The maximum atomic E-state index is 12.2. The van der Waals surface area contributed by atoms with E-state index < -0.39 is 0 Å². The van der Waals surface area contributed by atoms with E-state index in [4.69, 9.17) is 0 Å². The van der Waals surface area contributed by atoms with Gasteiger partial charge in [-0.2, -0.15) is 0 Å². The molecular formula is C17H29N3O3. The molecule has 6 nitrogen and oxygen atoms in total. The molecule has 23 heavy (non-hydrogen) atoms. The minimum Gasteiger partial charge on any atom is -0.356 e. The number of hydrogen-bond donors (Lipinski definition) is 2. The Balaban J connectivity index is 1.63. The largest absolute Gasteiger partial charge is 0.356 e. The van der Waals surface area contributed by atoms with Gasteiger partial charge in [-0.05, 0) is 38.5 Å². The van der Waals surface area contributed by atoms with Gasteiger partial charge in [0.25, 0.3) is 0 Å². The Hall–Kier alpha value is -1.59. The van der Waals surface area contributed by atoms with Gasteiger partial charge >= 0.3 is 0 Å². The van der Waals surface area contributed by atoms with Gasteiger partial charge < -0.3 is 15.5 Å². The van der Waals surface area contributed by atoms with Crippen molar-refractivity contribution >= 4 is 17.7 Å². The molecule has 0 aromatic carbocycles. The maximum absolute atomic E-state index is 12.2. The third-order valence-electron chi connectivity index (χ3n) is 4.94. The summed E-state index contributed by atoms with van der Waals surface area (Å²) < 4.78 is 0. The molecule has 6 heteroatoms. The standard InChI is InChI=1S/C17H29N3O3/c1-12(19-13(2)21)10-16(22)20-8-6-14(7-9-20)11-18-17(23)15-4-3-5-15/h12,14-15H,3-11H2,1-2H3,(H,18,23)(H,19,21).